The summed E-state index contributed by atoms with van der Waals surface area (Å²) in [7, 11) is -4.63. The van der Waals surface area contributed by atoms with Crippen molar-refractivity contribution in [1.82, 2.24) is 30.9 Å². The second-order valence-corrected chi connectivity index (χ2v) is 25.6. The first-order valence-electron chi connectivity index (χ1n) is 26.8. The lowest BCUT2D eigenvalue weighted by molar-refractivity contribution is -0.199. The summed E-state index contributed by atoms with van der Waals surface area (Å²) in [5, 5.41) is 10.5. The SMILES string of the molecule is Cc1c(C)c(S(=O)(=O)NC(N)=NCCC[C@H](N)C(=O)NCC(=O)N[C@@H](CC(=O)OC(C)(C)C)C(=O)NCc2ccc(C(=O)N[C@H](C)C(=O)N3CCC[C@H]3B3OC4C[C@@H]5C[C@@H](C5(C)C)[C@]4(C)O3)cc2)c(C)c2c1OC(C)(C)C2. The number of ether oxygens (including phenoxy) is 2. The van der Waals surface area contributed by atoms with E-state index in [1.165, 1.54) is 0 Å². The molecule has 2 saturated heterocycles. The monoisotopic (exact) mass is 1090 g/mol. The highest BCUT2D eigenvalue weighted by molar-refractivity contribution is 7.90. The fourth-order valence-electron chi connectivity index (χ4n) is 11.9. The Bertz CT molecular complexity index is 2780. The number of likely N-dealkylation sites (tertiary alicyclic amines) is 1. The summed E-state index contributed by atoms with van der Waals surface area (Å²) in [5.41, 5.74) is 14.1. The van der Waals surface area contributed by atoms with Gasteiger partial charge in [0.2, 0.25) is 29.6 Å². The van der Waals surface area contributed by atoms with E-state index in [0.29, 0.717) is 52.8 Å². The molecular weight excluding hydrogens is 1010 g/mol. The molecule has 0 radical (unpaired) electrons. The molecule has 77 heavy (non-hydrogen) atoms. The zero-order valence-corrected chi connectivity index (χ0v) is 47.6. The molecule has 8 rings (SSSR count). The number of nitrogens with two attached hydrogens (primary N) is 2. The van der Waals surface area contributed by atoms with Crippen molar-refractivity contribution in [2.75, 3.05) is 19.6 Å². The topological polar surface area (TPSA) is 301 Å². The van der Waals surface area contributed by atoms with Gasteiger partial charge in [-0.25, -0.2) is 13.1 Å². The van der Waals surface area contributed by atoms with Gasteiger partial charge in [0, 0.05) is 37.2 Å². The molecule has 422 valence electrons. The van der Waals surface area contributed by atoms with Gasteiger partial charge in [0.1, 0.15) is 29.0 Å². The van der Waals surface area contributed by atoms with Gasteiger partial charge < -0.3 is 56.4 Å². The van der Waals surface area contributed by atoms with Crippen LogP contribution in [0.3, 0.4) is 0 Å². The first-order valence-corrected chi connectivity index (χ1v) is 28.3. The van der Waals surface area contributed by atoms with Crippen LogP contribution in [-0.2, 0) is 61.0 Å². The van der Waals surface area contributed by atoms with Crippen molar-refractivity contribution < 1.29 is 56.0 Å². The van der Waals surface area contributed by atoms with Gasteiger partial charge >= 0.3 is 13.1 Å². The van der Waals surface area contributed by atoms with Crippen molar-refractivity contribution >= 4 is 58.6 Å². The molecule has 21 nitrogen and oxygen atoms in total. The molecule has 3 saturated carbocycles. The van der Waals surface area contributed by atoms with Crippen molar-refractivity contribution in [1.29, 1.82) is 0 Å². The maximum atomic E-state index is 13.8. The molecule has 2 aromatic carbocycles. The third kappa shape index (κ3) is 13.1. The average molecular weight is 1090 g/mol. The number of rotatable bonds is 19. The van der Waals surface area contributed by atoms with Crippen molar-refractivity contribution in [3.8, 4) is 5.75 Å². The number of nitrogens with zero attached hydrogens (tertiary/aromatic N) is 2. The molecule has 2 bridgehead atoms. The third-order valence-electron chi connectivity index (χ3n) is 16.2. The first-order chi connectivity index (χ1) is 35.8. The van der Waals surface area contributed by atoms with Crippen molar-refractivity contribution in [3.05, 3.63) is 57.6 Å². The minimum Gasteiger partial charge on any atom is -0.487 e. The highest BCUT2D eigenvalue weighted by atomic mass is 32.2. The Kier molecular flexibility index (Phi) is 17.2. The Morgan fingerprint density at radius 3 is 2.30 bits per heavy atom. The largest absolute Gasteiger partial charge is 0.487 e. The third-order valence-corrected chi connectivity index (χ3v) is 17.9. The Morgan fingerprint density at radius 2 is 1.64 bits per heavy atom. The number of fused-ring (bicyclic) bond motifs is 1. The van der Waals surface area contributed by atoms with E-state index in [1.54, 1.807) is 70.7 Å². The fourth-order valence-corrected chi connectivity index (χ4v) is 13.4. The number of carbonyl (C=O) groups is 6. The first kappa shape index (κ1) is 58.9. The molecule has 3 aliphatic heterocycles. The Balaban J connectivity index is 0.853. The quantitative estimate of drug-likeness (QED) is 0.0350. The Hall–Kier alpha value is -5.78. The summed E-state index contributed by atoms with van der Waals surface area (Å²) in [4.78, 5) is 85.7. The molecule has 9 N–H and O–H groups in total. The molecule has 3 aliphatic carbocycles. The highest BCUT2D eigenvalue weighted by Crippen LogP contribution is 2.66. The van der Waals surface area contributed by atoms with Crippen molar-refractivity contribution in [2.24, 2.45) is 33.7 Å². The predicted octanol–water partition coefficient (Wildman–Crippen LogP) is 3.05. The van der Waals surface area contributed by atoms with E-state index in [0.717, 1.165) is 36.8 Å². The summed E-state index contributed by atoms with van der Waals surface area (Å²) in [6.45, 7) is 22.6. The lowest BCUT2D eigenvalue weighted by atomic mass is 9.43. The van der Waals surface area contributed by atoms with Gasteiger partial charge in [0.15, 0.2) is 0 Å². The summed E-state index contributed by atoms with van der Waals surface area (Å²) >= 11 is 0. The van der Waals surface area contributed by atoms with E-state index in [-0.39, 0.29) is 60.2 Å². The molecule has 2 aromatic rings. The van der Waals surface area contributed by atoms with Crippen LogP contribution < -0.4 is 42.2 Å². The normalized spacial score (nSPS) is 24.2. The van der Waals surface area contributed by atoms with Gasteiger partial charge in [0.25, 0.3) is 15.9 Å². The van der Waals surface area contributed by atoms with Crippen LogP contribution in [0, 0.1) is 38.0 Å². The Morgan fingerprint density at radius 1 is 0.948 bits per heavy atom. The molecule has 5 amide bonds. The molecule has 0 spiro atoms. The maximum absolute atomic E-state index is 13.8. The molecule has 8 atom stereocenters. The molecule has 0 aromatic heterocycles. The van der Waals surface area contributed by atoms with Crippen LogP contribution >= 0.6 is 0 Å². The number of aliphatic imine (C=N–C) groups is 1. The van der Waals surface area contributed by atoms with Crippen molar-refractivity contribution in [3.63, 3.8) is 0 Å². The second-order valence-electron chi connectivity index (χ2n) is 24.0. The number of esters is 1. The number of sulfonamides is 1. The molecule has 23 heteroatoms. The molecular formula is C54H80BN9O12S. The molecule has 5 fully saturated rings. The van der Waals surface area contributed by atoms with Crippen molar-refractivity contribution in [2.45, 2.75) is 193 Å². The summed E-state index contributed by atoms with van der Waals surface area (Å²) < 4.78 is 54.2. The lowest BCUT2D eigenvalue weighted by Crippen LogP contribution is -2.65. The van der Waals surface area contributed by atoms with E-state index in [2.05, 4.69) is 51.8 Å². The van der Waals surface area contributed by atoms with Gasteiger partial charge in [-0.15, -0.1) is 0 Å². The average Bonchev–Trinajstić information content (AvgIpc) is 4.19. The second kappa shape index (κ2) is 22.5. The van der Waals surface area contributed by atoms with E-state index in [4.69, 9.17) is 30.2 Å². The Labute approximate surface area is 453 Å². The smallest absolute Gasteiger partial charge is 0.481 e. The maximum Gasteiger partial charge on any atom is 0.481 e. The van der Waals surface area contributed by atoms with E-state index in [1.807, 2.05) is 20.8 Å². The lowest BCUT2D eigenvalue weighted by Gasteiger charge is -2.64. The number of amides is 5. The number of nitrogens with one attached hydrogen (secondary N) is 5. The minimum absolute atomic E-state index is 0.000702. The molecule has 3 heterocycles. The summed E-state index contributed by atoms with van der Waals surface area (Å²) in [5.74, 6) is -2.46. The van der Waals surface area contributed by atoms with Crippen LogP contribution in [0.5, 0.6) is 5.75 Å². The highest BCUT2D eigenvalue weighted by Gasteiger charge is 2.69. The van der Waals surface area contributed by atoms with Gasteiger partial charge in [-0.3, -0.25) is 33.8 Å². The summed E-state index contributed by atoms with van der Waals surface area (Å²) in [6.07, 6.45) is 4.02. The predicted molar refractivity (Wildman–Crippen MR) is 289 cm³/mol. The van der Waals surface area contributed by atoms with Crippen LogP contribution in [-0.4, -0.2) is 129 Å². The van der Waals surface area contributed by atoms with E-state index < -0.39 is 94.6 Å². The minimum atomic E-state index is -4.11. The van der Waals surface area contributed by atoms with E-state index in [9.17, 15) is 37.2 Å². The summed E-state index contributed by atoms with van der Waals surface area (Å²) in [6, 6.07) is 3.12. The van der Waals surface area contributed by atoms with Crippen LogP contribution in [0.2, 0.25) is 0 Å². The number of benzene rings is 2. The number of hydrogen-bond acceptors (Lipinski definition) is 14. The fraction of sp³-hybridized carbons (Fsp3) is 0.648. The van der Waals surface area contributed by atoms with Gasteiger partial charge in [-0.1, -0.05) is 26.0 Å². The van der Waals surface area contributed by atoms with Crippen LogP contribution in [0.25, 0.3) is 0 Å². The van der Waals surface area contributed by atoms with Crippen LogP contribution in [0.15, 0.2) is 34.2 Å². The zero-order chi connectivity index (χ0) is 56.7. The molecule has 6 aliphatic rings. The van der Waals surface area contributed by atoms with Gasteiger partial charge in [-0.2, -0.15) is 0 Å². The zero-order valence-electron chi connectivity index (χ0n) is 46.8. The van der Waals surface area contributed by atoms with Crippen LogP contribution in [0.1, 0.15) is 145 Å². The van der Waals surface area contributed by atoms with Gasteiger partial charge in [0.05, 0.1) is 41.5 Å². The standard InChI is InChI=1S/C54H80BN9O12S/c1-29-30(2)45(31(3)36-26-52(8,9)74-44(29)36)77(71,72)63-50(57)58-21-13-15-37(56)47(68)60-28-42(65)62-38(25-43(66)73-51(5,6)7)48(69)59-27-33-17-19-34(20-18-33)46(67)61-32(4)49(70)64-22-14-16-41(64)55-75-40-24-35-23-39(53(35,10)11)54(40,12)76-55/h17-20,32,35,37-41H,13-16,21-28,56H2,1-12H3,(H,59,69)(H,60,68)(H,61,67)(H,62,65)(H3,57,58,63)/t32-,35+,37+,38+,39+,40?,41+,54+/m1/s1. The number of guanidine groups is 1. The number of carbonyl (C=O) groups excluding carboxylic acids is 6. The van der Waals surface area contributed by atoms with Crippen LogP contribution in [0.4, 0.5) is 0 Å². The van der Waals surface area contributed by atoms with Gasteiger partial charge in [-0.05, 0) is 159 Å². The molecule has 1 unspecified atom stereocenters. The number of hydrogen-bond donors (Lipinski definition) is 7. The van der Waals surface area contributed by atoms with E-state index >= 15 is 0 Å².